The molecule has 0 rings (SSSR count). The first kappa shape index (κ1) is 9.32. The molecule has 0 amide bonds. The van der Waals surface area contributed by atoms with E-state index in [2.05, 4.69) is 0 Å². The van der Waals surface area contributed by atoms with Crippen molar-refractivity contribution in [2.24, 2.45) is 0 Å². The number of allylic oxidation sites excluding steroid dienone is 2. The van der Waals surface area contributed by atoms with Crippen LogP contribution in [-0.4, -0.2) is 10.8 Å². The largest absolute Gasteiger partial charge is 0.123 e. The zero-order chi connectivity index (χ0) is 7.28. The molecule has 0 saturated carbocycles. The van der Waals surface area contributed by atoms with Gasteiger partial charge in [0.25, 0.3) is 0 Å². The summed E-state index contributed by atoms with van der Waals surface area (Å²) in [5.41, 5.74) is 0. The van der Waals surface area contributed by atoms with Gasteiger partial charge in [-0.3, -0.25) is 0 Å². The van der Waals surface area contributed by atoms with Gasteiger partial charge < -0.3 is 0 Å². The third kappa shape index (κ3) is 8.32. The van der Waals surface area contributed by atoms with Gasteiger partial charge in [0.05, 0.1) is 0 Å². The summed E-state index contributed by atoms with van der Waals surface area (Å²) in [6, 6.07) is 0. The van der Waals surface area contributed by atoms with Crippen LogP contribution < -0.4 is 0 Å². The average Bonchev–Trinajstić information content (AvgIpc) is 1.63. The van der Waals surface area contributed by atoms with E-state index in [1.165, 1.54) is 0 Å². The standard InChI is InChI=1S/C7H12Cl2/c1-6(8)4-3-5-7(2)9/h3-4,6-7H,5H2,1-2H3/b4-3+. The Kier molecular flexibility index (Phi) is 5.31. The van der Waals surface area contributed by atoms with Gasteiger partial charge >= 0.3 is 0 Å². The van der Waals surface area contributed by atoms with Crippen molar-refractivity contribution in [3.05, 3.63) is 12.2 Å². The molecule has 0 heterocycles. The molecular formula is C7H12Cl2. The van der Waals surface area contributed by atoms with E-state index in [1.807, 2.05) is 26.0 Å². The van der Waals surface area contributed by atoms with Crippen molar-refractivity contribution in [3.63, 3.8) is 0 Å². The van der Waals surface area contributed by atoms with Crippen LogP contribution in [0.3, 0.4) is 0 Å². The second-order valence-corrected chi connectivity index (χ2v) is 3.56. The summed E-state index contributed by atoms with van der Waals surface area (Å²) in [5, 5.41) is 0.345. The SMILES string of the molecule is CC(Cl)/C=C/CC(C)Cl. The van der Waals surface area contributed by atoms with Crippen LogP contribution in [0.2, 0.25) is 0 Å². The molecule has 0 aliphatic heterocycles. The predicted octanol–water partition coefficient (Wildman–Crippen LogP) is 3.19. The van der Waals surface area contributed by atoms with Crippen LogP contribution >= 0.6 is 23.2 Å². The molecule has 0 spiro atoms. The van der Waals surface area contributed by atoms with Gasteiger partial charge in [-0.2, -0.15) is 0 Å². The zero-order valence-corrected chi connectivity index (χ0v) is 7.28. The molecule has 0 radical (unpaired) electrons. The van der Waals surface area contributed by atoms with E-state index in [0.717, 1.165) is 6.42 Å². The minimum Gasteiger partial charge on any atom is -0.123 e. The lowest BCUT2D eigenvalue weighted by atomic mass is 10.3. The molecule has 54 valence electrons. The van der Waals surface area contributed by atoms with Crippen molar-refractivity contribution in [3.8, 4) is 0 Å². The summed E-state index contributed by atoms with van der Waals surface area (Å²) >= 11 is 11.3. The quantitative estimate of drug-likeness (QED) is 0.447. The molecule has 0 bridgehead atoms. The fourth-order valence-corrected chi connectivity index (χ4v) is 0.659. The summed E-state index contributed by atoms with van der Waals surface area (Å²) in [7, 11) is 0. The first-order valence-electron chi connectivity index (χ1n) is 3.07. The van der Waals surface area contributed by atoms with E-state index in [1.54, 1.807) is 0 Å². The third-order valence-electron chi connectivity index (χ3n) is 0.862. The minimum absolute atomic E-state index is 0.125. The minimum atomic E-state index is 0.125. The molecule has 0 aliphatic carbocycles. The first-order valence-corrected chi connectivity index (χ1v) is 3.95. The maximum absolute atomic E-state index is 5.67. The topological polar surface area (TPSA) is 0 Å². The second-order valence-electron chi connectivity index (χ2n) is 2.12. The highest BCUT2D eigenvalue weighted by Gasteiger charge is 1.90. The summed E-state index contributed by atoms with van der Waals surface area (Å²) < 4.78 is 0. The van der Waals surface area contributed by atoms with Crippen LogP contribution in [0.1, 0.15) is 20.3 Å². The highest BCUT2D eigenvalue weighted by Crippen LogP contribution is 2.02. The van der Waals surface area contributed by atoms with E-state index in [0.29, 0.717) is 0 Å². The van der Waals surface area contributed by atoms with Crippen molar-refractivity contribution >= 4 is 23.2 Å². The number of hydrogen-bond donors (Lipinski definition) is 0. The first-order chi connectivity index (χ1) is 4.13. The lowest BCUT2D eigenvalue weighted by Crippen LogP contribution is -1.87. The van der Waals surface area contributed by atoms with E-state index in [9.17, 15) is 0 Å². The second kappa shape index (κ2) is 5.13. The Morgan fingerprint density at radius 3 is 2.22 bits per heavy atom. The molecule has 0 aliphatic rings. The van der Waals surface area contributed by atoms with Crippen LogP contribution in [0.15, 0.2) is 12.2 Å². The van der Waals surface area contributed by atoms with Gasteiger partial charge in [0.15, 0.2) is 0 Å². The van der Waals surface area contributed by atoms with Crippen LogP contribution in [-0.2, 0) is 0 Å². The molecule has 0 fully saturated rings. The molecule has 0 saturated heterocycles. The normalized spacial score (nSPS) is 18.2. The fraction of sp³-hybridized carbons (Fsp3) is 0.714. The Morgan fingerprint density at radius 2 is 1.89 bits per heavy atom. The zero-order valence-electron chi connectivity index (χ0n) is 5.77. The van der Waals surface area contributed by atoms with Gasteiger partial charge in [0.1, 0.15) is 0 Å². The monoisotopic (exact) mass is 166 g/mol. The van der Waals surface area contributed by atoms with Crippen LogP contribution in [0.4, 0.5) is 0 Å². The summed E-state index contributed by atoms with van der Waals surface area (Å²) in [6.07, 6.45) is 4.86. The lowest BCUT2D eigenvalue weighted by molar-refractivity contribution is 0.962. The fourth-order valence-electron chi connectivity index (χ4n) is 0.454. The van der Waals surface area contributed by atoms with E-state index >= 15 is 0 Å². The van der Waals surface area contributed by atoms with Gasteiger partial charge in [0, 0.05) is 10.8 Å². The summed E-state index contributed by atoms with van der Waals surface area (Å²) in [4.78, 5) is 0. The summed E-state index contributed by atoms with van der Waals surface area (Å²) in [5.74, 6) is 0. The number of rotatable bonds is 3. The van der Waals surface area contributed by atoms with Crippen molar-refractivity contribution in [1.29, 1.82) is 0 Å². The number of alkyl halides is 2. The Balaban J connectivity index is 3.25. The highest BCUT2D eigenvalue weighted by atomic mass is 35.5. The molecule has 2 atom stereocenters. The van der Waals surface area contributed by atoms with Crippen molar-refractivity contribution in [2.75, 3.05) is 0 Å². The molecule has 0 N–H and O–H groups in total. The predicted molar refractivity (Wildman–Crippen MR) is 44.4 cm³/mol. The van der Waals surface area contributed by atoms with Crippen LogP contribution in [0.5, 0.6) is 0 Å². The van der Waals surface area contributed by atoms with E-state index < -0.39 is 0 Å². The van der Waals surface area contributed by atoms with Crippen LogP contribution in [0, 0.1) is 0 Å². The van der Waals surface area contributed by atoms with Crippen molar-refractivity contribution in [2.45, 2.75) is 31.0 Å². The van der Waals surface area contributed by atoms with Crippen LogP contribution in [0.25, 0.3) is 0 Å². The lowest BCUT2D eigenvalue weighted by Gasteiger charge is -1.94. The van der Waals surface area contributed by atoms with Gasteiger partial charge in [-0.05, 0) is 20.3 Å². The van der Waals surface area contributed by atoms with Gasteiger partial charge in [-0.25, -0.2) is 0 Å². The Labute approximate surface area is 66.8 Å². The number of hydrogen-bond acceptors (Lipinski definition) is 0. The van der Waals surface area contributed by atoms with Gasteiger partial charge in [0.2, 0.25) is 0 Å². The van der Waals surface area contributed by atoms with E-state index in [4.69, 9.17) is 23.2 Å². The van der Waals surface area contributed by atoms with Crippen molar-refractivity contribution in [1.82, 2.24) is 0 Å². The molecule has 0 nitrogen and oxygen atoms in total. The average molecular weight is 167 g/mol. The van der Waals surface area contributed by atoms with E-state index in [-0.39, 0.29) is 10.8 Å². The van der Waals surface area contributed by atoms with Gasteiger partial charge in [-0.15, -0.1) is 23.2 Å². The molecule has 0 aromatic carbocycles. The molecule has 0 aromatic heterocycles. The highest BCUT2D eigenvalue weighted by molar-refractivity contribution is 6.21. The Hall–Kier alpha value is 0.320. The molecular weight excluding hydrogens is 155 g/mol. The van der Waals surface area contributed by atoms with Crippen molar-refractivity contribution < 1.29 is 0 Å². The Morgan fingerprint density at radius 1 is 1.33 bits per heavy atom. The Bertz CT molecular complexity index is 84.9. The third-order valence-corrected chi connectivity index (χ3v) is 1.19. The molecule has 9 heavy (non-hydrogen) atoms. The molecule has 2 heteroatoms. The maximum Gasteiger partial charge on any atom is 0.0487 e. The van der Waals surface area contributed by atoms with Gasteiger partial charge in [-0.1, -0.05) is 12.2 Å². The summed E-state index contributed by atoms with van der Waals surface area (Å²) in [6.45, 7) is 3.89. The smallest absolute Gasteiger partial charge is 0.0487 e. The molecule has 0 aromatic rings. The maximum atomic E-state index is 5.67. The molecule has 2 unspecified atom stereocenters. The number of halogens is 2.